The van der Waals surface area contributed by atoms with E-state index in [1.54, 1.807) is 6.92 Å². The second kappa shape index (κ2) is 6.38. The largest absolute Gasteiger partial charge is 0.391 e. The highest BCUT2D eigenvalue weighted by atomic mass is 32.1. The summed E-state index contributed by atoms with van der Waals surface area (Å²) in [5.74, 6) is 0.320. The van der Waals surface area contributed by atoms with E-state index in [0.717, 1.165) is 6.42 Å². The number of hydrogen-bond acceptors (Lipinski definition) is 3. The SMILES string of the molecule is CCCc1ccc(C(C)CC(O)C(C)O)s1. The van der Waals surface area contributed by atoms with Gasteiger partial charge in [0.2, 0.25) is 0 Å². The van der Waals surface area contributed by atoms with Gasteiger partial charge in [-0.3, -0.25) is 0 Å². The lowest BCUT2D eigenvalue weighted by molar-refractivity contribution is 0.0229. The second-order valence-electron chi connectivity index (χ2n) is 4.50. The lowest BCUT2D eigenvalue weighted by atomic mass is 9.99. The lowest BCUT2D eigenvalue weighted by Crippen LogP contribution is -2.23. The molecule has 3 atom stereocenters. The van der Waals surface area contributed by atoms with Crippen LogP contribution < -0.4 is 0 Å². The van der Waals surface area contributed by atoms with E-state index >= 15 is 0 Å². The topological polar surface area (TPSA) is 40.5 Å². The summed E-state index contributed by atoms with van der Waals surface area (Å²) in [4.78, 5) is 2.72. The van der Waals surface area contributed by atoms with Crippen molar-refractivity contribution in [3.05, 3.63) is 21.9 Å². The Labute approximate surface area is 102 Å². The third-order valence-electron chi connectivity index (χ3n) is 2.82. The Morgan fingerprint density at radius 1 is 1.25 bits per heavy atom. The van der Waals surface area contributed by atoms with Gasteiger partial charge >= 0.3 is 0 Å². The predicted molar refractivity (Wildman–Crippen MR) is 69.0 cm³/mol. The Morgan fingerprint density at radius 3 is 2.50 bits per heavy atom. The van der Waals surface area contributed by atoms with Crippen molar-refractivity contribution in [2.45, 2.75) is 58.2 Å². The van der Waals surface area contributed by atoms with E-state index in [4.69, 9.17) is 0 Å². The molecule has 92 valence electrons. The summed E-state index contributed by atoms with van der Waals surface area (Å²) in [5.41, 5.74) is 0. The quantitative estimate of drug-likeness (QED) is 0.805. The molecule has 3 heteroatoms. The number of rotatable bonds is 6. The maximum atomic E-state index is 9.62. The van der Waals surface area contributed by atoms with Gasteiger partial charge in [-0.25, -0.2) is 0 Å². The van der Waals surface area contributed by atoms with Crippen LogP contribution in [0.2, 0.25) is 0 Å². The van der Waals surface area contributed by atoms with Crippen molar-refractivity contribution < 1.29 is 10.2 Å². The van der Waals surface area contributed by atoms with Crippen LogP contribution in [0.1, 0.15) is 49.3 Å². The average Bonchev–Trinajstić information content (AvgIpc) is 2.66. The third-order valence-corrected chi connectivity index (χ3v) is 4.19. The van der Waals surface area contributed by atoms with Crippen molar-refractivity contribution in [3.63, 3.8) is 0 Å². The summed E-state index contributed by atoms with van der Waals surface area (Å²) in [5, 5.41) is 18.9. The Morgan fingerprint density at radius 2 is 1.94 bits per heavy atom. The minimum absolute atomic E-state index is 0.320. The van der Waals surface area contributed by atoms with E-state index < -0.39 is 12.2 Å². The summed E-state index contributed by atoms with van der Waals surface area (Å²) in [6, 6.07) is 4.32. The molecule has 0 aliphatic carbocycles. The molecule has 16 heavy (non-hydrogen) atoms. The monoisotopic (exact) mass is 242 g/mol. The summed E-state index contributed by atoms with van der Waals surface area (Å²) in [6.07, 6.45) is 1.68. The van der Waals surface area contributed by atoms with Crippen molar-refractivity contribution in [1.82, 2.24) is 0 Å². The number of hydrogen-bond donors (Lipinski definition) is 2. The number of aliphatic hydroxyl groups excluding tert-OH is 2. The van der Waals surface area contributed by atoms with Crippen LogP contribution in [0.15, 0.2) is 12.1 Å². The fourth-order valence-electron chi connectivity index (χ4n) is 1.72. The summed E-state index contributed by atoms with van der Waals surface area (Å²) in [7, 11) is 0. The molecular formula is C13H22O2S. The first-order chi connectivity index (χ1) is 7.54. The molecule has 1 aromatic heterocycles. The van der Waals surface area contributed by atoms with Crippen LogP contribution in [0.25, 0.3) is 0 Å². The minimum atomic E-state index is -0.641. The molecule has 2 nitrogen and oxygen atoms in total. The standard InChI is InChI=1S/C13H22O2S/c1-4-5-11-6-7-13(16-11)9(2)8-12(15)10(3)14/h6-7,9-10,12,14-15H,4-5,8H2,1-3H3. The van der Waals surface area contributed by atoms with Crippen LogP contribution in [-0.4, -0.2) is 22.4 Å². The normalized spacial score (nSPS) is 17.1. The second-order valence-corrected chi connectivity index (χ2v) is 5.70. The van der Waals surface area contributed by atoms with Gasteiger partial charge in [-0.05, 0) is 37.8 Å². The Bertz CT molecular complexity index is 307. The van der Waals surface area contributed by atoms with Crippen molar-refractivity contribution in [2.24, 2.45) is 0 Å². The van der Waals surface area contributed by atoms with E-state index in [9.17, 15) is 10.2 Å². The highest BCUT2D eigenvalue weighted by Crippen LogP contribution is 2.29. The maximum absolute atomic E-state index is 9.62. The van der Waals surface area contributed by atoms with Crippen LogP contribution >= 0.6 is 11.3 Å². The molecule has 0 radical (unpaired) electrons. The first-order valence-corrected chi connectivity index (χ1v) is 6.81. The van der Waals surface area contributed by atoms with Crippen LogP contribution in [-0.2, 0) is 6.42 Å². The number of aliphatic hydroxyl groups is 2. The molecule has 0 aliphatic rings. The van der Waals surface area contributed by atoms with E-state index in [-0.39, 0.29) is 0 Å². The zero-order valence-corrected chi connectivity index (χ0v) is 11.1. The molecule has 0 fully saturated rings. The summed E-state index contributed by atoms with van der Waals surface area (Å²) >= 11 is 1.83. The molecule has 0 amide bonds. The summed E-state index contributed by atoms with van der Waals surface area (Å²) in [6.45, 7) is 5.92. The van der Waals surface area contributed by atoms with Crippen molar-refractivity contribution >= 4 is 11.3 Å². The Hall–Kier alpha value is -0.380. The number of aryl methyl sites for hydroxylation is 1. The molecule has 2 N–H and O–H groups in total. The molecule has 0 aliphatic heterocycles. The first-order valence-electron chi connectivity index (χ1n) is 5.99. The van der Waals surface area contributed by atoms with Gasteiger partial charge in [0, 0.05) is 9.75 Å². The van der Waals surface area contributed by atoms with Gasteiger partial charge in [0.25, 0.3) is 0 Å². The fraction of sp³-hybridized carbons (Fsp3) is 0.692. The highest BCUT2D eigenvalue weighted by Gasteiger charge is 2.17. The molecule has 0 bridgehead atoms. The zero-order chi connectivity index (χ0) is 12.1. The molecule has 0 saturated heterocycles. The first kappa shape index (κ1) is 13.7. The molecule has 0 spiro atoms. The molecule has 1 aromatic rings. The van der Waals surface area contributed by atoms with Gasteiger partial charge < -0.3 is 10.2 Å². The zero-order valence-electron chi connectivity index (χ0n) is 10.3. The van der Waals surface area contributed by atoms with Gasteiger partial charge in [-0.2, -0.15) is 0 Å². The van der Waals surface area contributed by atoms with Gasteiger partial charge in [0.05, 0.1) is 12.2 Å². The van der Waals surface area contributed by atoms with Crippen LogP contribution in [0, 0.1) is 0 Å². The molecule has 0 saturated carbocycles. The van der Waals surface area contributed by atoms with E-state index in [0.29, 0.717) is 12.3 Å². The maximum Gasteiger partial charge on any atom is 0.0802 e. The van der Waals surface area contributed by atoms with E-state index in [1.807, 2.05) is 11.3 Å². The third kappa shape index (κ3) is 3.89. The van der Waals surface area contributed by atoms with E-state index in [1.165, 1.54) is 16.2 Å². The minimum Gasteiger partial charge on any atom is -0.391 e. The molecule has 1 rings (SSSR count). The van der Waals surface area contributed by atoms with Crippen LogP contribution in [0.5, 0.6) is 0 Å². The Kier molecular flexibility index (Phi) is 5.46. The Balaban J connectivity index is 2.55. The molecule has 3 unspecified atom stereocenters. The molecule has 1 heterocycles. The smallest absolute Gasteiger partial charge is 0.0802 e. The molecular weight excluding hydrogens is 220 g/mol. The van der Waals surface area contributed by atoms with Crippen LogP contribution in [0.3, 0.4) is 0 Å². The van der Waals surface area contributed by atoms with Crippen molar-refractivity contribution in [3.8, 4) is 0 Å². The molecule has 0 aromatic carbocycles. The van der Waals surface area contributed by atoms with Gasteiger partial charge in [-0.15, -0.1) is 11.3 Å². The lowest BCUT2D eigenvalue weighted by Gasteiger charge is -2.17. The van der Waals surface area contributed by atoms with Gasteiger partial charge in [0.15, 0.2) is 0 Å². The average molecular weight is 242 g/mol. The summed E-state index contributed by atoms with van der Waals surface area (Å²) < 4.78 is 0. The van der Waals surface area contributed by atoms with Crippen molar-refractivity contribution in [1.29, 1.82) is 0 Å². The van der Waals surface area contributed by atoms with E-state index in [2.05, 4.69) is 26.0 Å². The van der Waals surface area contributed by atoms with Crippen LogP contribution in [0.4, 0.5) is 0 Å². The highest BCUT2D eigenvalue weighted by molar-refractivity contribution is 7.12. The van der Waals surface area contributed by atoms with Gasteiger partial charge in [0.1, 0.15) is 0 Å². The number of thiophene rings is 1. The predicted octanol–water partition coefficient (Wildman–Crippen LogP) is 2.94. The van der Waals surface area contributed by atoms with Crippen molar-refractivity contribution in [2.75, 3.05) is 0 Å². The fourth-order valence-corrected chi connectivity index (χ4v) is 2.89. The van der Waals surface area contributed by atoms with Gasteiger partial charge in [-0.1, -0.05) is 20.3 Å².